The predicted octanol–water partition coefficient (Wildman–Crippen LogP) is 4.57. The first-order chi connectivity index (χ1) is 13.2. The Bertz CT molecular complexity index is 972. The highest BCUT2D eigenvalue weighted by molar-refractivity contribution is 5.95. The average Bonchev–Trinajstić information content (AvgIpc) is 3.48. The molecule has 136 valence electrons. The number of carbonyl (C=O) groups is 1. The third kappa shape index (κ3) is 2.95. The molecule has 2 aromatic rings. The van der Waals surface area contributed by atoms with E-state index in [2.05, 4.69) is 52.8 Å². The molecule has 0 saturated heterocycles. The lowest BCUT2D eigenvalue weighted by molar-refractivity contribution is 0.0601. The molecule has 1 heterocycles. The number of hydrogen-bond donors (Lipinski definition) is 1. The molecule has 0 radical (unpaired) electrons. The van der Waals surface area contributed by atoms with Crippen LogP contribution in [-0.2, 0) is 11.2 Å². The van der Waals surface area contributed by atoms with Crippen molar-refractivity contribution in [1.29, 1.82) is 0 Å². The van der Waals surface area contributed by atoms with E-state index in [4.69, 9.17) is 4.74 Å². The van der Waals surface area contributed by atoms with E-state index in [0.717, 1.165) is 17.7 Å². The zero-order chi connectivity index (χ0) is 18.4. The molecule has 3 aliphatic rings. The first kappa shape index (κ1) is 16.3. The van der Waals surface area contributed by atoms with E-state index < -0.39 is 0 Å². The molecule has 2 unspecified atom stereocenters. The van der Waals surface area contributed by atoms with E-state index >= 15 is 0 Å². The van der Waals surface area contributed by atoms with Crippen molar-refractivity contribution in [2.75, 3.05) is 12.4 Å². The van der Waals surface area contributed by atoms with Crippen molar-refractivity contribution >= 4 is 11.8 Å². The van der Waals surface area contributed by atoms with Gasteiger partial charge in [0.05, 0.1) is 7.11 Å². The largest absolute Gasteiger partial charge is 0.465 e. The summed E-state index contributed by atoms with van der Waals surface area (Å²) in [5.74, 6) is 1.65. The number of hydrogen-bond acceptors (Lipinski definition) is 4. The highest BCUT2D eigenvalue weighted by Gasteiger charge is 2.31. The number of anilines is 1. The monoisotopic (exact) mass is 358 g/mol. The lowest BCUT2D eigenvalue weighted by Crippen LogP contribution is -2.14. The number of benzene rings is 1. The SMILES string of the molecule is COC(=O)c1cc(C2CC2)cnc1NC1=CC2Cc3ccccc3C2C=C1. The summed E-state index contributed by atoms with van der Waals surface area (Å²) < 4.78 is 4.98. The molecule has 0 spiro atoms. The second-order valence-electron chi connectivity index (χ2n) is 7.63. The summed E-state index contributed by atoms with van der Waals surface area (Å²) in [6, 6.07) is 10.6. The van der Waals surface area contributed by atoms with Crippen LogP contribution in [-0.4, -0.2) is 18.1 Å². The predicted molar refractivity (Wildman–Crippen MR) is 105 cm³/mol. The number of methoxy groups -OCH3 is 1. The molecule has 1 saturated carbocycles. The van der Waals surface area contributed by atoms with Crippen molar-refractivity contribution in [1.82, 2.24) is 4.98 Å². The van der Waals surface area contributed by atoms with Gasteiger partial charge in [-0.3, -0.25) is 0 Å². The van der Waals surface area contributed by atoms with Gasteiger partial charge in [-0.25, -0.2) is 9.78 Å². The van der Waals surface area contributed by atoms with Gasteiger partial charge in [0, 0.05) is 17.8 Å². The maximum absolute atomic E-state index is 12.3. The Labute approximate surface area is 159 Å². The van der Waals surface area contributed by atoms with Crippen LogP contribution in [0.4, 0.5) is 5.82 Å². The van der Waals surface area contributed by atoms with Crippen LogP contribution in [0, 0.1) is 5.92 Å². The van der Waals surface area contributed by atoms with Crippen LogP contribution in [0.1, 0.15) is 51.7 Å². The Kier molecular flexibility index (Phi) is 3.85. The summed E-state index contributed by atoms with van der Waals surface area (Å²) in [6.45, 7) is 0. The average molecular weight is 358 g/mol. The van der Waals surface area contributed by atoms with Crippen LogP contribution >= 0.6 is 0 Å². The summed E-state index contributed by atoms with van der Waals surface area (Å²) in [4.78, 5) is 16.8. The molecule has 1 aromatic heterocycles. The van der Waals surface area contributed by atoms with Crippen LogP contribution in [0.15, 0.2) is 60.5 Å². The fourth-order valence-electron chi connectivity index (χ4n) is 4.27. The number of ether oxygens (including phenoxy) is 1. The number of allylic oxidation sites excluding steroid dienone is 3. The minimum absolute atomic E-state index is 0.348. The van der Waals surface area contributed by atoms with Gasteiger partial charge in [-0.05, 0) is 59.9 Å². The third-order valence-electron chi connectivity index (χ3n) is 5.83. The number of esters is 1. The number of fused-ring (bicyclic) bond motifs is 3. The molecule has 27 heavy (non-hydrogen) atoms. The first-order valence-corrected chi connectivity index (χ1v) is 9.56. The van der Waals surface area contributed by atoms with Crippen molar-refractivity contribution < 1.29 is 9.53 Å². The maximum Gasteiger partial charge on any atom is 0.341 e. The highest BCUT2D eigenvalue weighted by atomic mass is 16.5. The fourth-order valence-corrected chi connectivity index (χ4v) is 4.27. The Morgan fingerprint density at radius 1 is 1.26 bits per heavy atom. The topological polar surface area (TPSA) is 51.2 Å². The molecule has 1 aromatic carbocycles. The number of aromatic nitrogens is 1. The van der Waals surface area contributed by atoms with Crippen LogP contribution in [0.5, 0.6) is 0 Å². The molecular weight excluding hydrogens is 336 g/mol. The smallest absolute Gasteiger partial charge is 0.341 e. The van der Waals surface area contributed by atoms with E-state index in [9.17, 15) is 4.79 Å². The number of carbonyl (C=O) groups excluding carboxylic acids is 1. The molecule has 4 heteroatoms. The number of nitrogens with one attached hydrogen (secondary N) is 1. The molecule has 5 rings (SSSR count). The van der Waals surface area contributed by atoms with Crippen molar-refractivity contribution in [2.45, 2.75) is 31.1 Å². The van der Waals surface area contributed by atoms with Gasteiger partial charge >= 0.3 is 5.97 Å². The van der Waals surface area contributed by atoms with E-state index in [-0.39, 0.29) is 5.97 Å². The fraction of sp³-hybridized carbons (Fsp3) is 0.304. The maximum atomic E-state index is 12.3. The van der Waals surface area contributed by atoms with Gasteiger partial charge in [0.25, 0.3) is 0 Å². The second kappa shape index (κ2) is 6.38. The van der Waals surface area contributed by atoms with Gasteiger partial charge in [0.1, 0.15) is 11.4 Å². The van der Waals surface area contributed by atoms with E-state index in [1.807, 2.05) is 12.3 Å². The summed E-state index contributed by atoms with van der Waals surface area (Å²) >= 11 is 0. The molecular formula is C23H22N2O2. The molecule has 2 atom stereocenters. The molecule has 0 bridgehead atoms. The summed E-state index contributed by atoms with van der Waals surface area (Å²) in [5, 5.41) is 3.35. The summed E-state index contributed by atoms with van der Waals surface area (Å²) in [7, 11) is 1.41. The van der Waals surface area contributed by atoms with Gasteiger partial charge in [-0.15, -0.1) is 0 Å². The molecule has 0 aliphatic heterocycles. The first-order valence-electron chi connectivity index (χ1n) is 9.56. The normalized spacial score (nSPS) is 22.6. The zero-order valence-corrected chi connectivity index (χ0v) is 15.3. The van der Waals surface area contributed by atoms with Crippen LogP contribution in [0.25, 0.3) is 0 Å². The number of rotatable bonds is 4. The zero-order valence-electron chi connectivity index (χ0n) is 15.3. The lowest BCUT2D eigenvalue weighted by atomic mass is 9.88. The Hall–Kier alpha value is -2.88. The lowest BCUT2D eigenvalue weighted by Gasteiger charge is -2.21. The van der Waals surface area contributed by atoms with Crippen molar-refractivity contribution in [3.8, 4) is 0 Å². The molecule has 4 nitrogen and oxygen atoms in total. The van der Waals surface area contributed by atoms with Crippen LogP contribution in [0.2, 0.25) is 0 Å². The minimum atomic E-state index is -0.348. The van der Waals surface area contributed by atoms with Crippen molar-refractivity contribution in [2.24, 2.45) is 5.92 Å². The quantitative estimate of drug-likeness (QED) is 0.814. The van der Waals surface area contributed by atoms with Gasteiger partial charge in [0.15, 0.2) is 0 Å². The van der Waals surface area contributed by atoms with Gasteiger partial charge < -0.3 is 10.1 Å². The van der Waals surface area contributed by atoms with Crippen molar-refractivity contribution in [3.63, 3.8) is 0 Å². The van der Waals surface area contributed by atoms with Gasteiger partial charge in [0.2, 0.25) is 0 Å². The second-order valence-corrected chi connectivity index (χ2v) is 7.63. The Morgan fingerprint density at radius 2 is 2.11 bits per heavy atom. The summed E-state index contributed by atoms with van der Waals surface area (Å²) in [5.41, 5.74) is 5.47. The summed E-state index contributed by atoms with van der Waals surface area (Å²) in [6.07, 6.45) is 11.9. The van der Waals surface area contributed by atoms with E-state index in [0.29, 0.717) is 29.1 Å². The molecule has 3 aliphatic carbocycles. The molecule has 1 fully saturated rings. The Morgan fingerprint density at radius 3 is 2.93 bits per heavy atom. The van der Waals surface area contributed by atoms with E-state index in [1.165, 1.54) is 31.1 Å². The highest BCUT2D eigenvalue weighted by Crippen LogP contribution is 2.43. The van der Waals surface area contributed by atoms with Crippen LogP contribution < -0.4 is 5.32 Å². The number of nitrogens with zero attached hydrogens (tertiary/aromatic N) is 1. The van der Waals surface area contributed by atoms with Gasteiger partial charge in [-0.2, -0.15) is 0 Å². The molecule has 1 N–H and O–H groups in total. The third-order valence-corrected chi connectivity index (χ3v) is 5.83. The van der Waals surface area contributed by atoms with E-state index in [1.54, 1.807) is 0 Å². The standard InChI is InChI=1S/C23H22N2O2/c1-27-23(26)21-12-17(14-6-7-14)13-24-22(21)25-18-8-9-20-16(11-18)10-15-4-2-3-5-19(15)20/h2-5,8-9,11-14,16,20H,6-7,10H2,1H3,(H,24,25). The van der Waals surface area contributed by atoms with Crippen molar-refractivity contribution in [3.05, 3.63) is 82.7 Å². The van der Waals surface area contributed by atoms with Crippen LogP contribution in [0.3, 0.4) is 0 Å². The minimum Gasteiger partial charge on any atom is -0.465 e. The number of pyridine rings is 1. The Balaban J connectivity index is 1.41. The van der Waals surface area contributed by atoms with Gasteiger partial charge in [-0.1, -0.05) is 36.4 Å². The molecule has 0 amide bonds.